The second-order valence-corrected chi connectivity index (χ2v) is 6.13. The summed E-state index contributed by atoms with van der Waals surface area (Å²) < 4.78 is 12.8. The van der Waals surface area contributed by atoms with Gasteiger partial charge < -0.3 is 14.0 Å². The van der Waals surface area contributed by atoms with Crippen molar-refractivity contribution in [2.75, 3.05) is 13.2 Å². The molecule has 1 aromatic heterocycles. The monoisotopic (exact) mass is 376 g/mol. The third-order valence-corrected chi connectivity index (χ3v) is 4.35. The summed E-state index contributed by atoms with van der Waals surface area (Å²) in [6.45, 7) is 0.961. The van der Waals surface area contributed by atoms with Crippen LogP contribution in [0.2, 0.25) is 0 Å². The van der Waals surface area contributed by atoms with Gasteiger partial charge in [0.1, 0.15) is 13.2 Å². The summed E-state index contributed by atoms with van der Waals surface area (Å²) in [5, 5.41) is 10.8. The Hall–Kier alpha value is -3.87. The van der Waals surface area contributed by atoms with Crippen LogP contribution >= 0.6 is 0 Å². The highest BCUT2D eigenvalue weighted by molar-refractivity contribution is 6.07. The zero-order valence-corrected chi connectivity index (χ0v) is 14.8. The van der Waals surface area contributed by atoms with Crippen molar-refractivity contribution >= 4 is 17.5 Å². The predicted octanol–water partition coefficient (Wildman–Crippen LogP) is 4.05. The molecule has 2 aromatic carbocycles. The minimum Gasteiger partial charge on any atom is -0.486 e. The summed E-state index contributed by atoms with van der Waals surface area (Å²) in [5.74, 6) is 1.05. The first-order valence-corrected chi connectivity index (χ1v) is 8.66. The summed E-state index contributed by atoms with van der Waals surface area (Å²) in [5.41, 5.74) is 2.08. The van der Waals surface area contributed by atoms with Gasteiger partial charge in [0.05, 0.1) is 4.92 Å². The van der Waals surface area contributed by atoms with Crippen molar-refractivity contribution in [2.45, 2.75) is 0 Å². The summed E-state index contributed by atoms with van der Waals surface area (Å²) in [7, 11) is 0. The van der Waals surface area contributed by atoms with Crippen molar-refractivity contribution in [1.29, 1.82) is 0 Å². The molecule has 0 saturated carbocycles. The number of aromatic nitrogens is 1. The maximum Gasteiger partial charge on any atom is 0.269 e. The standard InChI is InChI=1S/C21H16N2O5/c24-19(15-3-10-20-21(14-15)28-13-12-27-20)9-8-16-2-1-11-22(16)17-4-6-18(7-5-17)23(25)26/h1-11,14H,12-13H2/b9-8+. The summed E-state index contributed by atoms with van der Waals surface area (Å²) >= 11 is 0. The van der Waals surface area contributed by atoms with Crippen LogP contribution in [0.25, 0.3) is 11.8 Å². The first kappa shape index (κ1) is 17.5. The zero-order valence-electron chi connectivity index (χ0n) is 14.8. The fourth-order valence-electron chi connectivity index (χ4n) is 2.95. The van der Waals surface area contributed by atoms with E-state index in [0.29, 0.717) is 30.3 Å². The van der Waals surface area contributed by atoms with E-state index in [2.05, 4.69) is 0 Å². The molecule has 2 heterocycles. The SMILES string of the molecule is O=C(/C=C/c1cccn1-c1ccc([N+](=O)[O-])cc1)c1ccc2c(c1)OCCO2. The molecule has 0 radical (unpaired) electrons. The average Bonchev–Trinajstić information content (AvgIpc) is 3.20. The van der Waals surface area contributed by atoms with Crippen LogP contribution in [0, 0.1) is 10.1 Å². The van der Waals surface area contributed by atoms with Gasteiger partial charge in [-0.15, -0.1) is 0 Å². The molecule has 0 fully saturated rings. The highest BCUT2D eigenvalue weighted by atomic mass is 16.6. The van der Waals surface area contributed by atoms with Crippen molar-refractivity contribution in [1.82, 2.24) is 4.57 Å². The number of nitrogens with zero attached hydrogens (tertiary/aromatic N) is 2. The molecule has 0 amide bonds. The Morgan fingerprint density at radius 1 is 1.04 bits per heavy atom. The van der Waals surface area contributed by atoms with E-state index in [1.807, 2.05) is 22.9 Å². The fraction of sp³-hybridized carbons (Fsp3) is 0.0952. The Morgan fingerprint density at radius 2 is 1.79 bits per heavy atom. The van der Waals surface area contributed by atoms with Gasteiger partial charge in [0.25, 0.3) is 5.69 Å². The highest BCUT2D eigenvalue weighted by Crippen LogP contribution is 2.31. The Morgan fingerprint density at radius 3 is 2.54 bits per heavy atom. The molecule has 0 atom stereocenters. The molecule has 3 aromatic rings. The number of ether oxygens (including phenoxy) is 2. The van der Waals surface area contributed by atoms with Gasteiger partial charge in [-0.25, -0.2) is 0 Å². The van der Waals surface area contributed by atoms with Crippen LogP contribution in [0.15, 0.2) is 66.9 Å². The molecular formula is C21H16N2O5. The van der Waals surface area contributed by atoms with E-state index < -0.39 is 4.92 Å². The molecule has 7 heteroatoms. The molecule has 1 aliphatic heterocycles. The van der Waals surface area contributed by atoms with Crippen LogP contribution in [0.3, 0.4) is 0 Å². The maximum atomic E-state index is 12.5. The molecule has 0 spiro atoms. The van der Waals surface area contributed by atoms with E-state index in [0.717, 1.165) is 11.4 Å². The first-order chi connectivity index (χ1) is 13.6. The van der Waals surface area contributed by atoms with Gasteiger partial charge in [-0.3, -0.25) is 14.9 Å². The van der Waals surface area contributed by atoms with Crippen molar-refractivity contribution in [3.8, 4) is 17.2 Å². The summed E-state index contributed by atoms with van der Waals surface area (Å²) in [6.07, 6.45) is 5.03. The number of fused-ring (bicyclic) bond motifs is 1. The smallest absolute Gasteiger partial charge is 0.269 e. The predicted molar refractivity (Wildman–Crippen MR) is 103 cm³/mol. The summed E-state index contributed by atoms with van der Waals surface area (Å²) in [6, 6.07) is 15.0. The molecule has 0 unspecified atom stereocenters. The van der Waals surface area contributed by atoms with E-state index in [1.54, 1.807) is 36.4 Å². The zero-order chi connectivity index (χ0) is 19.5. The minimum absolute atomic E-state index is 0.0294. The van der Waals surface area contributed by atoms with Crippen LogP contribution in [0.4, 0.5) is 5.69 Å². The van der Waals surface area contributed by atoms with Crippen molar-refractivity contribution in [2.24, 2.45) is 0 Å². The normalized spacial score (nSPS) is 12.9. The average molecular weight is 376 g/mol. The number of allylic oxidation sites excluding steroid dienone is 1. The number of rotatable bonds is 5. The number of nitro groups is 1. The van der Waals surface area contributed by atoms with Gasteiger partial charge in [0.2, 0.25) is 0 Å². The molecule has 28 heavy (non-hydrogen) atoms. The molecule has 0 saturated heterocycles. The van der Waals surface area contributed by atoms with E-state index in [9.17, 15) is 14.9 Å². The third-order valence-electron chi connectivity index (χ3n) is 4.35. The van der Waals surface area contributed by atoms with Crippen LogP contribution in [0.5, 0.6) is 11.5 Å². The lowest BCUT2D eigenvalue weighted by molar-refractivity contribution is -0.384. The molecule has 0 aliphatic carbocycles. The number of benzene rings is 2. The highest BCUT2D eigenvalue weighted by Gasteiger charge is 2.14. The lowest BCUT2D eigenvalue weighted by atomic mass is 10.1. The van der Waals surface area contributed by atoms with Crippen molar-refractivity contribution in [3.63, 3.8) is 0 Å². The molecule has 0 bridgehead atoms. The Balaban J connectivity index is 1.55. The number of hydrogen-bond donors (Lipinski definition) is 0. The van der Waals surface area contributed by atoms with Crippen molar-refractivity contribution in [3.05, 3.63) is 88.2 Å². The molecule has 7 nitrogen and oxygen atoms in total. The van der Waals surface area contributed by atoms with E-state index in [4.69, 9.17) is 9.47 Å². The number of hydrogen-bond acceptors (Lipinski definition) is 5. The van der Waals surface area contributed by atoms with Crippen LogP contribution in [-0.2, 0) is 0 Å². The maximum absolute atomic E-state index is 12.5. The van der Waals surface area contributed by atoms with Crippen LogP contribution in [0.1, 0.15) is 16.1 Å². The van der Waals surface area contributed by atoms with Crippen LogP contribution < -0.4 is 9.47 Å². The molecule has 4 rings (SSSR count). The van der Waals surface area contributed by atoms with Gasteiger partial charge in [0, 0.05) is 35.3 Å². The first-order valence-electron chi connectivity index (χ1n) is 8.66. The molecular weight excluding hydrogens is 360 g/mol. The van der Waals surface area contributed by atoms with E-state index in [-0.39, 0.29) is 11.5 Å². The number of nitro benzene ring substituents is 1. The quantitative estimate of drug-likeness (QED) is 0.290. The fourth-order valence-corrected chi connectivity index (χ4v) is 2.95. The third kappa shape index (κ3) is 3.50. The van der Waals surface area contributed by atoms with Gasteiger partial charge in [-0.2, -0.15) is 0 Å². The van der Waals surface area contributed by atoms with Gasteiger partial charge in [-0.1, -0.05) is 0 Å². The Labute approximate surface area is 160 Å². The van der Waals surface area contributed by atoms with Crippen molar-refractivity contribution < 1.29 is 19.2 Å². The van der Waals surface area contributed by atoms with Crippen LogP contribution in [-0.4, -0.2) is 28.5 Å². The topological polar surface area (TPSA) is 83.6 Å². The lowest BCUT2D eigenvalue weighted by Gasteiger charge is -2.18. The number of carbonyl (C=O) groups excluding carboxylic acids is 1. The van der Waals surface area contributed by atoms with E-state index in [1.165, 1.54) is 18.2 Å². The molecule has 0 N–H and O–H groups in total. The van der Waals surface area contributed by atoms with Gasteiger partial charge >= 0.3 is 0 Å². The molecule has 1 aliphatic rings. The molecule has 140 valence electrons. The second-order valence-electron chi connectivity index (χ2n) is 6.13. The Kier molecular flexibility index (Phi) is 4.63. The number of ketones is 1. The van der Waals surface area contributed by atoms with Gasteiger partial charge in [0.15, 0.2) is 17.3 Å². The lowest BCUT2D eigenvalue weighted by Crippen LogP contribution is -2.15. The van der Waals surface area contributed by atoms with E-state index >= 15 is 0 Å². The second kappa shape index (κ2) is 7.40. The number of carbonyl (C=O) groups is 1. The Bertz CT molecular complexity index is 1070. The minimum atomic E-state index is -0.438. The largest absolute Gasteiger partial charge is 0.486 e. The number of non-ortho nitro benzene ring substituents is 1. The van der Waals surface area contributed by atoms with Gasteiger partial charge in [-0.05, 0) is 54.6 Å². The summed E-state index contributed by atoms with van der Waals surface area (Å²) in [4.78, 5) is 22.9.